The summed E-state index contributed by atoms with van der Waals surface area (Å²) in [5.41, 5.74) is 8.48. The van der Waals surface area contributed by atoms with E-state index < -0.39 is 0 Å². The van der Waals surface area contributed by atoms with E-state index in [0.717, 1.165) is 54.3 Å². The van der Waals surface area contributed by atoms with Gasteiger partial charge in [0.1, 0.15) is 5.01 Å². The van der Waals surface area contributed by atoms with Gasteiger partial charge in [-0.1, -0.05) is 35.9 Å². The fourth-order valence-corrected chi connectivity index (χ4v) is 6.07. The number of thiazole rings is 1. The molecule has 0 saturated carbocycles. The third-order valence-electron chi connectivity index (χ3n) is 6.29. The monoisotopic (exact) mass is 537 g/mol. The van der Waals surface area contributed by atoms with Crippen molar-refractivity contribution in [1.82, 2.24) is 9.97 Å². The highest BCUT2D eigenvalue weighted by Gasteiger charge is 2.25. The highest BCUT2D eigenvalue weighted by molar-refractivity contribution is 7.22. The van der Waals surface area contributed by atoms with Crippen LogP contribution >= 0.6 is 22.9 Å². The van der Waals surface area contributed by atoms with Gasteiger partial charge in [-0.25, -0.2) is 4.98 Å². The smallest absolute Gasteiger partial charge is 0.124 e. The molecule has 0 bridgehead atoms. The number of fused-ring (bicyclic) bond motifs is 1. The maximum atomic E-state index is 9.31. The van der Waals surface area contributed by atoms with E-state index in [4.69, 9.17) is 21.3 Å². The summed E-state index contributed by atoms with van der Waals surface area (Å²) in [5, 5.41) is 10.9. The van der Waals surface area contributed by atoms with Crippen molar-refractivity contribution in [3.05, 3.63) is 94.6 Å². The van der Waals surface area contributed by atoms with Gasteiger partial charge in [0.05, 0.1) is 39.2 Å². The standard InChI is InChI=1S/C32H28ClN3OS/c1-19-15-27-30(29(22-9-11-25(33)12-10-22)28(19)20(2)37-32(3,4)5)38-31(36-27)24-13-14-35-26(17-24)23-8-6-7-21(16-23)18-34/h6-17,20H,1-5H3/t20-/m0/s1. The van der Waals surface area contributed by atoms with E-state index >= 15 is 0 Å². The average molecular weight is 538 g/mol. The Morgan fingerprint density at radius 1 is 0.974 bits per heavy atom. The van der Waals surface area contributed by atoms with Crippen molar-refractivity contribution in [2.24, 2.45) is 0 Å². The Morgan fingerprint density at radius 2 is 1.74 bits per heavy atom. The zero-order chi connectivity index (χ0) is 27.0. The molecule has 0 unspecified atom stereocenters. The lowest BCUT2D eigenvalue weighted by molar-refractivity contribution is -0.0529. The number of aromatic nitrogens is 2. The molecule has 0 amide bonds. The molecule has 0 N–H and O–H groups in total. The van der Waals surface area contributed by atoms with Crippen LogP contribution in [0.2, 0.25) is 5.02 Å². The molecule has 0 aliphatic rings. The van der Waals surface area contributed by atoms with Gasteiger partial charge in [0.25, 0.3) is 0 Å². The van der Waals surface area contributed by atoms with Crippen molar-refractivity contribution in [3.63, 3.8) is 0 Å². The lowest BCUT2D eigenvalue weighted by atomic mass is 9.92. The number of ether oxygens (including phenoxy) is 1. The normalized spacial score (nSPS) is 12.4. The van der Waals surface area contributed by atoms with E-state index in [-0.39, 0.29) is 11.7 Å². The molecule has 1 atom stereocenters. The zero-order valence-corrected chi connectivity index (χ0v) is 23.6. The Hall–Kier alpha value is -3.56. The van der Waals surface area contributed by atoms with Crippen molar-refractivity contribution in [3.8, 4) is 39.0 Å². The molecule has 0 saturated heterocycles. The Bertz CT molecular complexity index is 1680. The predicted molar refractivity (Wildman–Crippen MR) is 157 cm³/mol. The van der Waals surface area contributed by atoms with Crippen molar-refractivity contribution in [2.75, 3.05) is 0 Å². The van der Waals surface area contributed by atoms with Crippen LogP contribution in [-0.2, 0) is 4.74 Å². The summed E-state index contributed by atoms with van der Waals surface area (Å²) in [6.45, 7) is 10.5. The number of nitriles is 1. The number of rotatable bonds is 5. The summed E-state index contributed by atoms with van der Waals surface area (Å²) in [4.78, 5) is 9.62. The molecule has 4 nitrogen and oxygen atoms in total. The van der Waals surface area contributed by atoms with Crippen LogP contribution in [0.25, 0.3) is 43.2 Å². The maximum absolute atomic E-state index is 9.31. The van der Waals surface area contributed by atoms with Gasteiger partial charge >= 0.3 is 0 Å². The van der Waals surface area contributed by atoms with Crippen molar-refractivity contribution < 1.29 is 4.74 Å². The van der Waals surface area contributed by atoms with Crippen molar-refractivity contribution in [2.45, 2.75) is 46.3 Å². The molecular weight excluding hydrogens is 510 g/mol. The SMILES string of the molecule is Cc1cc2nc(-c3ccnc(-c4cccc(C#N)c4)c3)sc2c(-c2ccc(Cl)cc2)c1[C@H](C)OC(C)(C)C. The Kier molecular flexibility index (Phi) is 7.07. The predicted octanol–water partition coefficient (Wildman–Crippen LogP) is 9.40. The van der Waals surface area contributed by atoms with Crippen LogP contribution in [-0.4, -0.2) is 15.6 Å². The first-order valence-corrected chi connectivity index (χ1v) is 13.7. The first kappa shape index (κ1) is 26.1. The first-order valence-electron chi connectivity index (χ1n) is 12.5. The fourth-order valence-electron chi connectivity index (χ4n) is 4.82. The third kappa shape index (κ3) is 5.35. The maximum Gasteiger partial charge on any atom is 0.124 e. The number of hydrogen-bond acceptors (Lipinski definition) is 5. The summed E-state index contributed by atoms with van der Waals surface area (Å²) in [5.74, 6) is 0. The molecule has 0 fully saturated rings. The van der Waals surface area contributed by atoms with Crippen molar-refractivity contribution >= 4 is 33.2 Å². The van der Waals surface area contributed by atoms with E-state index in [1.807, 2.05) is 42.5 Å². The second-order valence-corrected chi connectivity index (χ2v) is 11.8. The molecule has 0 aliphatic carbocycles. The molecular formula is C32H28ClN3OS. The van der Waals surface area contributed by atoms with Crippen LogP contribution in [0.5, 0.6) is 0 Å². The number of benzene rings is 3. The topological polar surface area (TPSA) is 58.8 Å². The van der Waals surface area contributed by atoms with E-state index in [2.05, 4.69) is 63.9 Å². The van der Waals surface area contributed by atoms with Gasteiger partial charge in [0.15, 0.2) is 0 Å². The number of pyridine rings is 1. The summed E-state index contributed by atoms with van der Waals surface area (Å²) < 4.78 is 7.55. The summed E-state index contributed by atoms with van der Waals surface area (Å²) in [6.07, 6.45) is 1.68. The second-order valence-electron chi connectivity index (χ2n) is 10.4. The minimum absolute atomic E-state index is 0.115. The second kappa shape index (κ2) is 10.3. The molecule has 6 heteroatoms. The lowest BCUT2D eigenvalue weighted by Crippen LogP contribution is -2.22. The molecule has 190 valence electrons. The number of halogens is 1. The van der Waals surface area contributed by atoms with Crippen LogP contribution < -0.4 is 0 Å². The van der Waals surface area contributed by atoms with Gasteiger partial charge in [-0.2, -0.15) is 5.26 Å². The Morgan fingerprint density at radius 3 is 2.45 bits per heavy atom. The lowest BCUT2D eigenvalue weighted by Gasteiger charge is -2.28. The number of aryl methyl sites for hydroxylation is 1. The molecule has 0 aliphatic heterocycles. The van der Waals surface area contributed by atoms with E-state index in [1.54, 1.807) is 23.6 Å². The van der Waals surface area contributed by atoms with Crippen LogP contribution in [0.4, 0.5) is 0 Å². The molecule has 5 rings (SSSR count). The van der Waals surface area contributed by atoms with Gasteiger partial charge < -0.3 is 4.74 Å². The Balaban J connectivity index is 1.69. The minimum atomic E-state index is -0.284. The van der Waals surface area contributed by atoms with E-state index in [0.29, 0.717) is 10.6 Å². The van der Waals surface area contributed by atoms with Crippen molar-refractivity contribution in [1.29, 1.82) is 5.26 Å². The van der Waals surface area contributed by atoms with Gasteiger partial charge in [0.2, 0.25) is 0 Å². The Labute approximate surface area is 232 Å². The van der Waals surface area contributed by atoms with Crippen LogP contribution in [0.1, 0.15) is 50.5 Å². The van der Waals surface area contributed by atoms with Gasteiger partial charge in [-0.05, 0) is 93.8 Å². The van der Waals surface area contributed by atoms with Gasteiger partial charge in [-0.3, -0.25) is 4.98 Å². The number of hydrogen-bond donors (Lipinski definition) is 0. The molecule has 0 spiro atoms. The average Bonchev–Trinajstić information content (AvgIpc) is 3.31. The zero-order valence-electron chi connectivity index (χ0n) is 22.0. The molecule has 2 heterocycles. The molecule has 0 radical (unpaired) electrons. The summed E-state index contributed by atoms with van der Waals surface area (Å²) >= 11 is 7.91. The van der Waals surface area contributed by atoms with Gasteiger partial charge in [0, 0.05) is 27.9 Å². The first-order chi connectivity index (χ1) is 18.1. The fraction of sp³-hybridized carbons (Fsp3) is 0.219. The third-order valence-corrected chi connectivity index (χ3v) is 7.68. The van der Waals surface area contributed by atoms with Crippen LogP contribution in [0, 0.1) is 18.3 Å². The van der Waals surface area contributed by atoms with Gasteiger partial charge in [-0.15, -0.1) is 11.3 Å². The highest BCUT2D eigenvalue weighted by atomic mass is 35.5. The molecule has 5 aromatic rings. The minimum Gasteiger partial charge on any atom is -0.368 e. The molecule has 3 aromatic carbocycles. The highest BCUT2D eigenvalue weighted by Crippen LogP contribution is 2.44. The summed E-state index contributed by atoms with van der Waals surface area (Å²) in [6, 6.07) is 23.9. The van der Waals surface area contributed by atoms with Crippen LogP contribution in [0.15, 0.2) is 72.9 Å². The quantitative estimate of drug-likeness (QED) is 0.224. The van der Waals surface area contributed by atoms with E-state index in [9.17, 15) is 5.26 Å². The largest absolute Gasteiger partial charge is 0.368 e. The van der Waals surface area contributed by atoms with E-state index in [1.165, 1.54) is 0 Å². The number of nitrogens with zero attached hydrogens (tertiary/aromatic N) is 3. The van der Waals surface area contributed by atoms with Crippen LogP contribution in [0.3, 0.4) is 0 Å². The summed E-state index contributed by atoms with van der Waals surface area (Å²) in [7, 11) is 0. The molecule has 2 aromatic heterocycles. The molecule has 38 heavy (non-hydrogen) atoms.